The van der Waals surface area contributed by atoms with E-state index in [1.54, 1.807) is 0 Å². The summed E-state index contributed by atoms with van der Waals surface area (Å²) >= 11 is 0. The fraction of sp³-hybridized carbons (Fsp3) is 0.846. The number of carboxylic acid groups (broad SMARTS) is 1. The van der Waals surface area contributed by atoms with Crippen molar-refractivity contribution in [2.24, 2.45) is 23.2 Å². The normalized spacial score (nSPS) is 37.3. The maximum Gasteiger partial charge on any atom is 0.307 e. The van der Waals surface area contributed by atoms with Gasteiger partial charge in [0.25, 0.3) is 0 Å². The lowest BCUT2D eigenvalue weighted by Crippen LogP contribution is -2.34. The molecule has 102 valence electrons. The zero-order valence-corrected chi connectivity index (χ0v) is 11.1. The van der Waals surface area contributed by atoms with Crippen molar-refractivity contribution in [3.63, 3.8) is 0 Å². The third-order valence-electron chi connectivity index (χ3n) is 4.45. The average Bonchev–Trinajstić information content (AvgIpc) is 2.62. The Balaban J connectivity index is 1.84. The Morgan fingerprint density at radius 2 is 2.06 bits per heavy atom. The highest BCUT2D eigenvalue weighted by Crippen LogP contribution is 2.58. The quantitative estimate of drug-likeness (QED) is 0.782. The molecule has 0 spiro atoms. The maximum atomic E-state index is 12.0. The number of nitrogens with one attached hydrogen (secondary N) is 1. The van der Waals surface area contributed by atoms with Gasteiger partial charge in [0.05, 0.1) is 17.9 Å². The van der Waals surface area contributed by atoms with Crippen molar-refractivity contribution in [2.75, 3.05) is 13.2 Å². The Bertz CT molecular complexity index is 366. The van der Waals surface area contributed by atoms with Gasteiger partial charge in [-0.05, 0) is 18.8 Å². The van der Waals surface area contributed by atoms with Crippen LogP contribution in [0.5, 0.6) is 0 Å². The van der Waals surface area contributed by atoms with Crippen LogP contribution in [0.15, 0.2) is 0 Å². The molecule has 2 aliphatic rings. The molecule has 4 atom stereocenters. The van der Waals surface area contributed by atoms with Gasteiger partial charge in [0.1, 0.15) is 0 Å². The minimum Gasteiger partial charge on any atom is -0.481 e. The van der Waals surface area contributed by atoms with Crippen LogP contribution in [-0.2, 0) is 14.3 Å². The van der Waals surface area contributed by atoms with Crippen LogP contribution in [-0.4, -0.2) is 36.2 Å². The van der Waals surface area contributed by atoms with Gasteiger partial charge in [0.2, 0.25) is 5.91 Å². The van der Waals surface area contributed by atoms with Crippen LogP contribution in [0.2, 0.25) is 0 Å². The minimum absolute atomic E-state index is 0.133. The molecule has 0 aromatic heterocycles. The van der Waals surface area contributed by atoms with Gasteiger partial charge in [-0.15, -0.1) is 0 Å². The van der Waals surface area contributed by atoms with E-state index in [1.165, 1.54) is 0 Å². The number of carbonyl (C=O) groups is 2. The van der Waals surface area contributed by atoms with E-state index in [9.17, 15) is 9.59 Å². The summed E-state index contributed by atoms with van der Waals surface area (Å²) in [6.07, 6.45) is 1.13. The lowest BCUT2D eigenvalue weighted by molar-refractivity contribution is -0.140. The Labute approximate surface area is 107 Å². The average molecular weight is 255 g/mol. The molecular formula is C13H21NO4. The first-order valence-corrected chi connectivity index (χ1v) is 6.47. The van der Waals surface area contributed by atoms with Crippen LogP contribution in [0.3, 0.4) is 0 Å². The van der Waals surface area contributed by atoms with E-state index >= 15 is 0 Å². The van der Waals surface area contributed by atoms with E-state index in [0.29, 0.717) is 12.5 Å². The fourth-order valence-corrected chi connectivity index (χ4v) is 2.97. The highest BCUT2D eigenvalue weighted by molar-refractivity contribution is 5.91. The number of rotatable bonds is 4. The molecule has 1 saturated heterocycles. The van der Waals surface area contributed by atoms with Crippen LogP contribution in [0, 0.1) is 23.2 Å². The van der Waals surface area contributed by atoms with E-state index in [4.69, 9.17) is 9.84 Å². The van der Waals surface area contributed by atoms with Crippen molar-refractivity contribution < 1.29 is 19.4 Å². The molecule has 5 nitrogen and oxygen atoms in total. The van der Waals surface area contributed by atoms with Gasteiger partial charge in [0.15, 0.2) is 0 Å². The van der Waals surface area contributed by atoms with Crippen molar-refractivity contribution in [2.45, 2.75) is 33.3 Å². The molecule has 1 heterocycles. The molecule has 18 heavy (non-hydrogen) atoms. The summed E-state index contributed by atoms with van der Waals surface area (Å²) in [7, 11) is 0. The zero-order chi connectivity index (χ0) is 13.5. The van der Waals surface area contributed by atoms with E-state index < -0.39 is 23.2 Å². The number of carboxylic acids is 1. The first-order chi connectivity index (χ1) is 8.35. The second-order valence-corrected chi connectivity index (χ2v) is 5.98. The van der Waals surface area contributed by atoms with Gasteiger partial charge in [0, 0.05) is 19.1 Å². The first-order valence-electron chi connectivity index (χ1n) is 6.47. The third kappa shape index (κ3) is 2.23. The van der Waals surface area contributed by atoms with Gasteiger partial charge in [-0.1, -0.05) is 13.8 Å². The van der Waals surface area contributed by atoms with E-state index in [1.807, 2.05) is 20.8 Å². The Hall–Kier alpha value is -1.10. The van der Waals surface area contributed by atoms with Gasteiger partial charge >= 0.3 is 5.97 Å². The van der Waals surface area contributed by atoms with Crippen molar-refractivity contribution in [1.29, 1.82) is 0 Å². The van der Waals surface area contributed by atoms with Gasteiger partial charge < -0.3 is 15.2 Å². The highest BCUT2D eigenvalue weighted by atomic mass is 16.5. The monoisotopic (exact) mass is 255 g/mol. The van der Waals surface area contributed by atoms with Gasteiger partial charge in [-0.25, -0.2) is 0 Å². The highest BCUT2D eigenvalue weighted by Gasteiger charge is 2.65. The minimum atomic E-state index is -0.877. The molecule has 4 unspecified atom stereocenters. The number of amides is 1. The molecule has 1 aliphatic carbocycles. The van der Waals surface area contributed by atoms with Crippen LogP contribution < -0.4 is 5.32 Å². The Morgan fingerprint density at radius 3 is 2.50 bits per heavy atom. The number of ether oxygens (including phenoxy) is 1. The number of aliphatic carboxylic acids is 1. The second kappa shape index (κ2) is 4.53. The molecule has 1 amide bonds. The summed E-state index contributed by atoms with van der Waals surface area (Å²) < 4.78 is 5.43. The summed E-state index contributed by atoms with van der Waals surface area (Å²) in [6, 6.07) is 0. The molecule has 1 saturated carbocycles. The topological polar surface area (TPSA) is 75.6 Å². The fourth-order valence-electron chi connectivity index (χ4n) is 2.97. The van der Waals surface area contributed by atoms with E-state index in [-0.39, 0.29) is 12.0 Å². The predicted octanol–water partition coefficient (Wildman–Crippen LogP) is 0.884. The maximum absolute atomic E-state index is 12.0. The van der Waals surface area contributed by atoms with E-state index in [2.05, 4.69) is 5.32 Å². The summed E-state index contributed by atoms with van der Waals surface area (Å²) in [5, 5.41) is 11.9. The van der Waals surface area contributed by atoms with Crippen LogP contribution in [0.4, 0.5) is 0 Å². The Morgan fingerprint density at radius 1 is 1.39 bits per heavy atom. The van der Waals surface area contributed by atoms with Crippen molar-refractivity contribution in [1.82, 2.24) is 5.32 Å². The molecule has 2 fully saturated rings. The molecule has 5 heteroatoms. The van der Waals surface area contributed by atoms with Gasteiger partial charge in [-0.3, -0.25) is 9.59 Å². The molecule has 0 aromatic rings. The first kappa shape index (κ1) is 13.3. The SMILES string of the molecule is CC1OCCC1CNC(=O)C1C(C(=O)O)C1(C)C. The summed E-state index contributed by atoms with van der Waals surface area (Å²) in [5.41, 5.74) is -0.423. The third-order valence-corrected chi connectivity index (χ3v) is 4.45. The zero-order valence-electron chi connectivity index (χ0n) is 11.1. The second-order valence-electron chi connectivity index (χ2n) is 5.98. The lowest BCUT2D eigenvalue weighted by Gasteiger charge is -2.15. The van der Waals surface area contributed by atoms with Crippen LogP contribution in [0.25, 0.3) is 0 Å². The summed E-state index contributed by atoms with van der Waals surface area (Å²) in [4.78, 5) is 23.0. The van der Waals surface area contributed by atoms with E-state index in [0.717, 1.165) is 13.0 Å². The number of hydrogen-bond donors (Lipinski definition) is 2. The molecule has 2 rings (SSSR count). The van der Waals surface area contributed by atoms with Crippen molar-refractivity contribution in [3.8, 4) is 0 Å². The molecular weight excluding hydrogens is 234 g/mol. The lowest BCUT2D eigenvalue weighted by atomic mass is 10.0. The summed E-state index contributed by atoms with van der Waals surface area (Å²) in [6.45, 7) is 6.99. The molecule has 0 bridgehead atoms. The number of carbonyl (C=O) groups excluding carboxylic acids is 1. The summed E-state index contributed by atoms with van der Waals surface area (Å²) in [5.74, 6) is -1.61. The molecule has 0 aromatic carbocycles. The number of hydrogen-bond acceptors (Lipinski definition) is 3. The van der Waals surface area contributed by atoms with Gasteiger partial charge in [-0.2, -0.15) is 0 Å². The standard InChI is InChI=1S/C13H21NO4/c1-7-8(4-5-18-7)6-14-11(15)9-10(12(16)17)13(9,2)3/h7-10H,4-6H2,1-3H3,(H,14,15)(H,16,17). The predicted molar refractivity (Wildman–Crippen MR) is 64.9 cm³/mol. The largest absolute Gasteiger partial charge is 0.481 e. The molecule has 2 N–H and O–H groups in total. The molecule has 1 aliphatic heterocycles. The Kier molecular flexibility index (Phi) is 3.36. The van der Waals surface area contributed by atoms with Crippen LogP contribution in [0.1, 0.15) is 27.2 Å². The van der Waals surface area contributed by atoms with Crippen molar-refractivity contribution >= 4 is 11.9 Å². The molecule has 0 radical (unpaired) electrons. The smallest absolute Gasteiger partial charge is 0.307 e. The van der Waals surface area contributed by atoms with Crippen LogP contribution >= 0.6 is 0 Å². The van der Waals surface area contributed by atoms with Crippen molar-refractivity contribution in [3.05, 3.63) is 0 Å².